The monoisotopic (exact) mass is 339 g/mol. The van der Waals surface area contributed by atoms with Crippen molar-refractivity contribution in [2.24, 2.45) is 0 Å². The Morgan fingerprint density at radius 1 is 1.20 bits per heavy atom. The topological polar surface area (TPSA) is 72.5 Å². The van der Waals surface area contributed by atoms with Gasteiger partial charge in [0, 0.05) is 23.2 Å². The van der Waals surface area contributed by atoms with Gasteiger partial charge in [0.2, 0.25) is 0 Å². The lowest BCUT2D eigenvalue weighted by Gasteiger charge is -2.21. The fourth-order valence-corrected chi connectivity index (χ4v) is 3.37. The molecule has 2 atom stereocenters. The van der Waals surface area contributed by atoms with Gasteiger partial charge in [-0.25, -0.2) is 4.39 Å². The Hall–Kier alpha value is -2.86. The highest BCUT2D eigenvalue weighted by atomic mass is 19.1. The highest BCUT2D eigenvalue weighted by Crippen LogP contribution is 2.46. The first-order valence-corrected chi connectivity index (χ1v) is 7.90. The zero-order chi connectivity index (χ0) is 17.6. The van der Waals surface area contributed by atoms with E-state index in [1.54, 1.807) is 30.3 Å². The summed E-state index contributed by atoms with van der Waals surface area (Å²) in [6, 6.07) is 12.4. The first-order chi connectivity index (χ1) is 12.0. The summed E-state index contributed by atoms with van der Waals surface area (Å²) in [6.45, 7) is 0. The molecule has 2 aliphatic heterocycles. The lowest BCUT2D eigenvalue weighted by molar-refractivity contribution is -0.140. The van der Waals surface area contributed by atoms with Crippen LogP contribution < -0.4 is 5.32 Å². The Balaban J connectivity index is 1.62. The van der Waals surface area contributed by atoms with Gasteiger partial charge in [-0.15, -0.1) is 0 Å². The number of carbonyl (C=O) groups excluding carboxylic acids is 3. The van der Waals surface area contributed by atoms with E-state index in [0.29, 0.717) is 16.8 Å². The molecule has 4 rings (SSSR count). The minimum Gasteiger partial charge on any atom is -0.348 e. The van der Waals surface area contributed by atoms with Crippen LogP contribution in [0.3, 0.4) is 0 Å². The summed E-state index contributed by atoms with van der Waals surface area (Å²) < 4.78 is 19.4. The number of halogens is 1. The average molecular weight is 339 g/mol. The fraction of sp³-hybridized carbons (Fsp3) is 0.211. The molecule has 2 aliphatic rings. The van der Waals surface area contributed by atoms with E-state index in [1.165, 1.54) is 18.2 Å². The molecule has 0 unspecified atom stereocenters. The van der Waals surface area contributed by atoms with Gasteiger partial charge in [-0.2, -0.15) is 0 Å². The number of hydrogen-bond donors (Lipinski definition) is 1. The van der Waals surface area contributed by atoms with Crippen molar-refractivity contribution in [1.29, 1.82) is 0 Å². The van der Waals surface area contributed by atoms with Crippen LogP contribution in [0.15, 0.2) is 48.5 Å². The smallest absolute Gasteiger partial charge is 0.261 e. The minimum atomic E-state index is -1.55. The number of Topliss-reactive ketones (excluding diaryl/α,β-unsaturated/α-hetero) is 2. The molecule has 1 fully saturated rings. The maximum absolute atomic E-state index is 13.6. The average Bonchev–Trinajstić information content (AvgIpc) is 3.07. The second kappa shape index (κ2) is 5.60. The number of benzene rings is 2. The van der Waals surface area contributed by atoms with Crippen LogP contribution in [0, 0.1) is 5.82 Å². The molecule has 25 heavy (non-hydrogen) atoms. The van der Waals surface area contributed by atoms with E-state index < -0.39 is 23.4 Å². The van der Waals surface area contributed by atoms with Crippen molar-refractivity contribution in [3.8, 4) is 0 Å². The van der Waals surface area contributed by atoms with Crippen LogP contribution in [0.1, 0.15) is 28.8 Å². The van der Waals surface area contributed by atoms with Gasteiger partial charge >= 0.3 is 0 Å². The van der Waals surface area contributed by atoms with Gasteiger partial charge in [0.15, 0.2) is 17.2 Å². The summed E-state index contributed by atoms with van der Waals surface area (Å²) in [5.74, 6) is -1.60. The van der Waals surface area contributed by atoms with Crippen LogP contribution in [0.25, 0.3) is 0 Å². The van der Waals surface area contributed by atoms with Gasteiger partial charge in [0.1, 0.15) is 11.9 Å². The molecule has 1 spiro atoms. The van der Waals surface area contributed by atoms with Gasteiger partial charge in [-0.3, -0.25) is 14.4 Å². The molecule has 0 aromatic heterocycles. The summed E-state index contributed by atoms with van der Waals surface area (Å²) in [7, 11) is 0. The van der Waals surface area contributed by atoms with Crippen LogP contribution in [-0.2, 0) is 19.9 Å². The van der Waals surface area contributed by atoms with E-state index in [4.69, 9.17) is 4.74 Å². The van der Waals surface area contributed by atoms with Gasteiger partial charge in [-0.1, -0.05) is 30.3 Å². The Labute approximate surface area is 142 Å². The first-order valence-electron chi connectivity index (χ1n) is 7.90. The number of amides is 1. The van der Waals surface area contributed by atoms with Crippen molar-refractivity contribution in [3.63, 3.8) is 0 Å². The summed E-state index contributed by atoms with van der Waals surface area (Å²) in [4.78, 5) is 37.1. The molecule has 1 amide bonds. The van der Waals surface area contributed by atoms with Crippen LogP contribution >= 0.6 is 0 Å². The molecule has 6 heteroatoms. The second-order valence-corrected chi connectivity index (χ2v) is 6.21. The zero-order valence-corrected chi connectivity index (χ0v) is 13.1. The molecule has 2 heterocycles. The molecule has 2 aromatic rings. The van der Waals surface area contributed by atoms with Crippen molar-refractivity contribution in [2.45, 2.75) is 24.5 Å². The fourth-order valence-electron chi connectivity index (χ4n) is 3.37. The third-order valence-electron chi connectivity index (χ3n) is 4.62. The van der Waals surface area contributed by atoms with E-state index in [2.05, 4.69) is 5.32 Å². The van der Waals surface area contributed by atoms with Gasteiger partial charge < -0.3 is 10.1 Å². The summed E-state index contributed by atoms with van der Waals surface area (Å²) >= 11 is 0. The first kappa shape index (κ1) is 15.7. The van der Waals surface area contributed by atoms with Crippen molar-refractivity contribution >= 4 is 23.2 Å². The summed E-state index contributed by atoms with van der Waals surface area (Å²) in [5, 5.41) is 2.62. The molecule has 0 radical (unpaired) electrons. The third kappa shape index (κ3) is 2.46. The van der Waals surface area contributed by atoms with Gasteiger partial charge in [0.25, 0.3) is 5.91 Å². The van der Waals surface area contributed by atoms with E-state index in [0.717, 1.165) is 0 Å². The van der Waals surface area contributed by atoms with E-state index in [1.807, 2.05) is 0 Å². The summed E-state index contributed by atoms with van der Waals surface area (Å²) in [6.07, 6.45) is -1.38. The molecule has 5 nitrogen and oxygen atoms in total. The molecule has 0 aliphatic carbocycles. The van der Waals surface area contributed by atoms with Crippen LogP contribution in [-0.4, -0.2) is 23.6 Å². The van der Waals surface area contributed by atoms with E-state index >= 15 is 0 Å². The molecule has 126 valence electrons. The van der Waals surface area contributed by atoms with Crippen molar-refractivity contribution in [2.75, 3.05) is 5.32 Å². The largest absolute Gasteiger partial charge is 0.348 e. The van der Waals surface area contributed by atoms with Gasteiger partial charge in [-0.05, 0) is 18.2 Å². The Kier molecular flexibility index (Phi) is 3.51. The Bertz CT molecular complexity index is 896. The maximum atomic E-state index is 13.6. The lowest BCUT2D eigenvalue weighted by Crippen LogP contribution is -2.34. The Morgan fingerprint density at radius 2 is 1.96 bits per heavy atom. The predicted octanol–water partition coefficient (Wildman–Crippen LogP) is 2.60. The molecular weight excluding hydrogens is 325 g/mol. The van der Waals surface area contributed by atoms with Crippen molar-refractivity contribution in [3.05, 3.63) is 65.5 Å². The zero-order valence-electron chi connectivity index (χ0n) is 13.1. The van der Waals surface area contributed by atoms with Crippen LogP contribution in [0.4, 0.5) is 10.1 Å². The predicted molar refractivity (Wildman–Crippen MR) is 86.6 cm³/mol. The standard InChI is InChI=1S/C19H14FNO4/c20-12-6-7-14-13(8-12)19(18(24)21-14)10-16(23)17(25-19)9-15(22)11-4-2-1-3-5-11/h1-8,17H,9-10H2,(H,21,24)/t17-,19+/m0/s1. The quantitative estimate of drug-likeness (QED) is 0.873. The van der Waals surface area contributed by atoms with Crippen LogP contribution in [0.5, 0.6) is 0 Å². The number of nitrogens with one attached hydrogen (secondary N) is 1. The Morgan fingerprint density at radius 3 is 2.72 bits per heavy atom. The third-order valence-corrected chi connectivity index (χ3v) is 4.62. The minimum absolute atomic E-state index is 0.150. The van der Waals surface area contributed by atoms with Crippen LogP contribution in [0.2, 0.25) is 0 Å². The highest BCUT2D eigenvalue weighted by Gasteiger charge is 2.57. The number of ketones is 2. The highest BCUT2D eigenvalue weighted by molar-refractivity contribution is 6.10. The number of carbonyl (C=O) groups is 3. The number of hydrogen-bond acceptors (Lipinski definition) is 4. The maximum Gasteiger partial charge on any atom is 0.261 e. The molecule has 2 aromatic carbocycles. The van der Waals surface area contributed by atoms with E-state index in [-0.39, 0.29) is 24.4 Å². The van der Waals surface area contributed by atoms with Gasteiger partial charge in [0.05, 0.1) is 6.42 Å². The van der Waals surface area contributed by atoms with Crippen molar-refractivity contribution in [1.82, 2.24) is 0 Å². The normalized spacial score (nSPS) is 24.4. The number of ether oxygens (including phenoxy) is 1. The second-order valence-electron chi connectivity index (χ2n) is 6.21. The summed E-state index contributed by atoms with van der Waals surface area (Å²) in [5.41, 5.74) is -0.340. The molecule has 0 saturated carbocycles. The van der Waals surface area contributed by atoms with E-state index in [9.17, 15) is 18.8 Å². The molecule has 1 N–H and O–H groups in total. The SMILES string of the molecule is O=C(C[C@@H]1O[C@@]2(CC1=O)C(=O)Nc1ccc(F)cc12)c1ccccc1. The molecule has 0 bridgehead atoms. The number of rotatable bonds is 3. The lowest BCUT2D eigenvalue weighted by atomic mass is 9.91. The number of fused-ring (bicyclic) bond motifs is 2. The molecular formula is C19H14FNO4. The number of anilines is 1. The molecule has 1 saturated heterocycles. The van der Waals surface area contributed by atoms with Crippen molar-refractivity contribution < 1.29 is 23.5 Å².